The Morgan fingerprint density at radius 2 is 1.25 bits per heavy atom. The van der Waals surface area contributed by atoms with Gasteiger partial charge in [0.15, 0.2) is 0 Å². The van der Waals surface area contributed by atoms with Crippen molar-refractivity contribution >= 4 is 8.07 Å². The molecule has 1 heterocycles. The summed E-state index contributed by atoms with van der Waals surface area (Å²) in [6.45, 7) is 10.8. The van der Waals surface area contributed by atoms with Crippen LogP contribution < -0.4 is 0 Å². The molecule has 0 amide bonds. The maximum absolute atomic E-state index is 11.8. The van der Waals surface area contributed by atoms with E-state index in [-0.39, 0.29) is 12.1 Å². The Hall–Kier alpha value is -2.32. The van der Waals surface area contributed by atoms with Crippen molar-refractivity contribution in [2.45, 2.75) is 82.7 Å². The van der Waals surface area contributed by atoms with Gasteiger partial charge in [0, 0.05) is 14.6 Å². The number of unbranched alkanes of at least 4 members (excludes halogenated alkanes) is 1. The highest BCUT2D eigenvalue weighted by Crippen LogP contribution is 2.27. The van der Waals surface area contributed by atoms with Gasteiger partial charge in [-0.2, -0.15) is 0 Å². The van der Waals surface area contributed by atoms with E-state index in [4.69, 9.17) is 14.2 Å². The lowest BCUT2D eigenvalue weighted by Gasteiger charge is -2.47. The first kappa shape index (κ1) is 30.6. The van der Waals surface area contributed by atoms with E-state index in [9.17, 15) is 5.11 Å². The molecule has 0 aromatic heterocycles. The average molecular weight is 562 g/mol. The molecule has 1 unspecified atom stereocenters. The molecule has 0 bridgehead atoms. The van der Waals surface area contributed by atoms with E-state index in [0.29, 0.717) is 33.0 Å². The first-order valence-corrected chi connectivity index (χ1v) is 18.4. The third kappa shape index (κ3) is 9.95. The van der Waals surface area contributed by atoms with E-state index in [1.807, 2.05) is 54.6 Å². The Balaban J connectivity index is 1.48. The fraction of sp³-hybridized carbons (Fsp3) is 0.471. The number of piperidine rings is 1. The van der Waals surface area contributed by atoms with Crippen molar-refractivity contribution in [1.82, 2.24) is 4.90 Å². The molecular formula is C34H47NO4Si. The molecule has 0 spiro atoms. The summed E-state index contributed by atoms with van der Waals surface area (Å²) in [6.07, 6.45) is 0.885. The molecule has 0 aliphatic carbocycles. The molecule has 1 aliphatic rings. The van der Waals surface area contributed by atoms with Gasteiger partial charge in [0.1, 0.15) is 12.2 Å². The highest BCUT2D eigenvalue weighted by molar-refractivity contribution is 6.76. The molecule has 4 rings (SSSR count). The Kier molecular flexibility index (Phi) is 12.0. The van der Waals surface area contributed by atoms with Crippen LogP contribution in [0.2, 0.25) is 25.7 Å². The number of likely N-dealkylation sites (tertiary alicyclic amines) is 1. The lowest BCUT2D eigenvalue weighted by molar-refractivity contribution is -0.193. The zero-order valence-electron chi connectivity index (χ0n) is 24.5. The second-order valence-corrected chi connectivity index (χ2v) is 17.8. The van der Waals surface area contributed by atoms with Gasteiger partial charge in [-0.05, 0) is 29.7 Å². The van der Waals surface area contributed by atoms with Gasteiger partial charge in [-0.1, -0.05) is 123 Å². The number of hydrogen-bond acceptors (Lipinski definition) is 5. The summed E-state index contributed by atoms with van der Waals surface area (Å²) < 4.78 is 19.1. The largest absolute Gasteiger partial charge is 0.389 e. The van der Waals surface area contributed by atoms with Crippen LogP contribution in [0.15, 0.2) is 91.0 Å². The van der Waals surface area contributed by atoms with Crippen LogP contribution in [0.1, 0.15) is 29.5 Å². The number of nitrogens with zero attached hydrogens (tertiary/aromatic N) is 1. The molecule has 3 aromatic rings. The highest BCUT2D eigenvalue weighted by Gasteiger charge is 2.44. The predicted octanol–water partition coefficient (Wildman–Crippen LogP) is 6.54. The molecule has 0 radical (unpaired) electrons. The number of hydrogen-bond donors (Lipinski definition) is 1. The van der Waals surface area contributed by atoms with Crippen LogP contribution >= 0.6 is 0 Å². The number of rotatable bonds is 15. The molecule has 5 nitrogen and oxygen atoms in total. The second kappa shape index (κ2) is 15.6. The lowest BCUT2D eigenvalue weighted by atomic mass is 9.93. The van der Waals surface area contributed by atoms with Gasteiger partial charge in [-0.25, -0.2) is 0 Å². The smallest absolute Gasteiger partial charge is 0.113 e. The zero-order valence-corrected chi connectivity index (χ0v) is 25.5. The summed E-state index contributed by atoms with van der Waals surface area (Å²) in [6, 6.07) is 31.8. The predicted molar refractivity (Wildman–Crippen MR) is 165 cm³/mol. The Morgan fingerprint density at radius 3 is 1.80 bits per heavy atom. The van der Waals surface area contributed by atoms with E-state index in [0.717, 1.165) is 29.7 Å². The third-order valence-electron chi connectivity index (χ3n) is 7.60. The molecule has 0 saturated carbocycles. The molecule has 6 heteroatoms. The fourth-order valence-electron chi connectivity index (χ4n) is 5.33. The molecule has 1 N–H and O–H groups in total. The quantitative estimate of drug-likeness (QED) is 0.169. The fourth-order valence-corrected chi connectivity index (χ4v) is 6.64. The number of ether oxygens (including phenoxy) is 3. The molecule has 1 aliphatic heterocycles. The van der Waals surface area contributed by atoms with Crippen LogP contribution in [0.4, 0.5) is 0 Å². The van der Waals surface area contributed by atoms with E-state index in [1.54, 1.807) is 0 Å². The Bertz CT molecular complexity index is 1090. The Labute approximate surface area is 242 Å². The maximum Gasteiger partial charge on any atom is 0.113 e. The molecule has 3 aromatic carbocycles. The minimum Gasteiger partial charge on any atom is -0.389 e. The summed E-state index contributed by atoms with van der Waals surface area (Å²) in [7, 11) is -1.09. The molecule has 1 saturated heterocycles. The van der Waals surface area contributed by atoms with Crippen molar-refractivity contribution in [3.05, 3.63) is 108 Å². The standard InChI is InChI=1S/C34H47NO4Si/c1-40(2,3)22-14-13-21-35-23-32(38-25-29-17-9-5-10-18-29)34(39-26-30-19-11-6-12-20-30)33(36)31(35)27-37-24-28-15-7-4-8-16-28/h4-12,15-20,31-34,36H,13-14,21-27H2,1-3H3/t31?,32-,33+,34+/m0/s1. The third-order valence-corrected chi connectivity index (χ3v) is 9.45. The van der Waals surface area contributed by atoms with Crippen LogP contribution in [0.3, 0.4) is 0 Å². The summed E-state index contributed by atoms with van der Waals surface area (Å²) in [5.41, 5.74) is 3.34. The van der Waals surface area contributed by atoms with E-state index < -0.39 is 20.3 Å². The van der Waals surface area contributed by atoms with Gasteiger partial charge >= 0.3 is 0 Å². The van der Waals surface area contributed by atoms with Crippen molar-refractivity contribution in [3.63, 3.8) is 0 Å². The average Bonchev–Trinajstić information content (AvgIpc) is 2.96. The number of aliphatic hydroxyl groups excluding tert-OH is 1. The van der Waals surface area contributed by atoms with Crippen LogP contribution in [0.5, 0.6) is 0 Å². The molecular weight excluding hydrogens is 514 g/mol. The molecule has 1 fully saturated rings. The van der Waals surface area contributed by atoms with E-state index >= 15 is 0 Å². The van der Waals surface area contributed by atoms with Gasteiger partial charge in [-0.3, -0.25) is 4.90 Å². The first-order chi connectivity index (χ1) is 19.4. The summed E-state index contributed by atoms with van der Waals surface area (Å²) in [5, 5.41) is 11.8. The second-order valence-electron chi connectivity index (χ2n) is 12.2. The van der Waals surface area contributed by atoms with Crippen LogP contribution in [0.25, 0.3) is 0 Å². The van der Waals surface area contributed by atoms with E-state index in [2.05, 4.69) is 60.9 Å². The molecule has 4 atom stereocenters. The van der Waals surface area contributed by atoms with Gasteiger partial charge in [0.25, 0.3) is 0 Å². The van der Waals surface area contributed by atoms with Crippen molar-refractivity contribution in [3.8, 4) is 0 Å². The van der Waals surface area contributed by atoms with Crippen LogP contribution in [0, 0.1) is 0 Å². The minimum atomic E-state index is -1.09. The van der Waals surface area contributed by atoms with Crippen molar-refractivity contribution in [2.24, 2.45) is 0 Å². The lowest BCUT2D eigenvalue weighted by Crippen LogP contribution is -2.64. The number of benzene rings is 3. The first-order valence-electron chi connectivity index (χ1n) is 14.7. The van der Waals surface area contributed by atoms with Crippen molar-refractivity contribution in [1.29, 1.82) is 0 Å². The van der Waals surface area contributed by atoms with Gasteiger partial charge in [0.2, 0.25) is 0 Å². The normalized spacial score (nSPS) is 21.9. The highest BCUT2D eigenvalue weighted by atomic mass is 28.3. The maximum atomic E-state index is 11.8. The van der Waals surface area contributed by atoms with Crippen LogP contribution in [-0.2, 0) is 34.0 Å². The van der Waals surface area contributed by atoms with E-state index in [1.165, 1.54) is 12.5 Å². The van der Waals surface area contributed by atoms with Gasteiger partial charge in [-0.15, -0.1) is 0 Å². The number of aliphatic hydroxyl groups is 1. The summed E-state index contributed by atoms with van der Waals surface area (Å²) >= 11 is 0. The topological polar surface area (TPSA) is 51.2 Å². The Morgan fingerprint density at radius 1 is 0.725 bits per heavy atom. The van der Waals surface area contributed by atoms with Crippen LogP contribution in [-0.4, -0.2) is 62.1 Å². The molecule has 216 valence electrons. The SMILES string of the molecule is C[Si](C)(C)CCCCN1C[C@H](OCc2ccccc2)[C@@H](OCc2ccccc2)[C@H](O)C1COCc1ccccc1. The zero-order chi connectivity index (χ0) is 28.2. The summed E-state index contributed by atoms with van der Waals surface area (Å²) in [5.74, 6) is 0. The van der Waals surface area contributed by atoms with Crippen molar-refractivity contribution < 1.29 is 19.3 Å². The van der Waals surface area contributed by atoms with Gasteiger partial charge in [0.05, 0.1) is 38.6 Å². The van der Waals surface area contributed by atoms with Gasteiger partial charge < -0.3 is 19.3 Å². The molecule has 40 heavy (non-hydrogen) atoms. The minimum absolute atomic E-state index is 0.159. The monoisotopic (exact) mass is 561 g/mol. The summed E-state index contributed by atoms with van der Waals surface area (Å²) in [4.78, 5) is 2.39. The van der Waals surface area contributed by atoms with Crippen molar-refractivity contribution in [2.75, 3.05) is 19.7 Å².